The molecule has 11 heteroatoms. The molecule has 1 unspecified atom stereocenters. The van der Waals surface area contributed by atoms with Crippen LogP contribution in [0.2, 0.25) is 5.02 Å². The van der Waals surface area contributed by atoms with E-state index in [1.807, 2.05) is 62.8 Å². The highest BCUT2D eigenvalue weighted by Crippen LogP contribution is 2.48. The lowest BCUT2D eigenvalue weighted by molar-refractivity contribution is 0.306. The van der Waals surface area contributed by atoms with Crippen LogP contribution >= 0.6 is 11.6 Å². The third-order valence-electron chi connectivity index (χ3n) is 6.58. The summed E-state index contributed by atoms with van der Waals surface area (Å²) in [6, 6.07) is 15.3. The monoisotopic (exact) mass is 524 g/mol. The van der Waals surface area contributed by atoms with Gasteiger partial charge in [0.15, 0.2) is 11.5 Å². The van der Waals surface area contributed by atoms with Crippen LogP contribution in [0, 0.1) is 6.92 Å². The van der Waals surface area contributed by atoms with Gasteiger partial charge in [-0.05, 0) is 42.8 Å². The molecule has 6 aromatic rings. The Morgan fingerprint density at radius 2 is 1.97 bits per heavy atom. The maximum Gasteiger partial charge on any atom is 0.244 e. The number of halogens is 1. The molecule has 5 heterocycles. The van der Waals surface area contributed by atoms with E-state index in [1.165, 1.54) is 0 Å². The number of nitrogens with one attached hydrogen (secondary N) is 1. The minimum Gasteiger partial charge on any atom is -0.489 e. The van der Waals surface area contributed by atoms with Gasteiger partial charge in [0.1, 0.15) is 18.7 Å². The summed E-state index contributed by atoms with van der Waals surface area (Å²) < 4.78 is 15.5. The molecule has 10 nitrogen and oxygen atoms in total. The van der Waals surface area contributed by atoms with E-state index in [4.69, 9.17) is 31.2 Å². The van der Waals surface area contributed by atoms with Crippen LogP contribution in [-0.2, 0) is 13.7 Å². The molecule has 2 aromatic carbocycles. The molecule has 1 aliphatic heterocycles. The molecule has 0 spiro atoms. The average molecular weight is 525 g/mol. The molecular formula is C27H21ClN8O2. The largest absolute Gasteiger partial charge is 0.489 e. The van der Waals surface area contributed by atoms with Crippen molar-refractivity contribution in [3.05, 3.63) is 100 Å². The number of nitrogens with zero attached hydrogens (tertiary/aromatic N) is 7. The lowest BCUT2D eigenvalue weighted by Crippen LogP contribution is -2.14. The van der Waals surface area contributed by atoms with Crippen LogP contribution in [0.5, 0.6) is 17.5 Å². The van der Waals surface area contributed by atoms with Gasteiger partial charge in [-0.3, -0.25) is 9.78 Å². The van der Waals surface area contributed by atoms with Crippen LogP contribution in [0.1, 0.15) is 33.9 Å². The van der Waals surface area contributed by atoms with Crippen LogP contribution in [0.25, 0.3) is 17.0 Å². The van der Waals surface area contributed by atoms with E-state index in [2.05, 4.69) is 20.3 Å². The molecule has 0 bridgehead atoms. The van der Waals surface area contributed by atoms with Gasteiger partial charge in [0.05, 0.1) is 17.7 Å². The zero-order chi connectivity index (χ0) is 25.8. The summed E-state index contributed by atoms with van der Waals surface area (Å²) in [5.41, 5.74) is 6.18. The highest BCUT2D eigenvalue weighted by atomic mass is 35.5. The average Bonchev–Trinajstić information content (AvgIpc) is 3.66. The first kappa shape index (κ1) is 22.5. The summed E-state index contributed by atoms with van der Waals surface area (Å²) in [7, 11) is 1.89. The predicted octanol–water partition coefficient (Wildman–Crippen LogP) is 5.07. The number of H-pyrrole nitrogens is 1. The van der Waals surface area contributed by atoms with Crippen molar-refractivity contribution in [3.8, 4) is 28.9 Å². The highest BCUT2D eigenvalue weighted by molar-refractivity contribution is 6.30. The molecule has 0 aliphatic carbocycles. The molecule has 7 rings (SSSR count). The maximum absolute atomic E-state index is 6.09. The Labute approximate surface area is 221 Å². The van der Waals surface area contributed by atoms with Crippen LogP contribution in [0.3, 0.4) is 0 Å². The Morgan fingerprint density at radius 3 is 2.79 bits per heavy atom. The SMILES string of the molecule is Cc1[nH]nc2c1C(c1cnn(C)c1)c1c(ncn3nc(-c4cccc(COc5ccc(Cl)cc5)c4)nc13)O2. The summed E-state index contributed by atoms with van der Waals surface area (Å²) in [5.74, 6) is 2.07. The highest BCUT2D eigenvalue weighted by Gasteiger charge is 2.37. The number of fused-ring (bicyclic) bond motifs is 4. The summed E-state index contributed by atoms with van der Waals surface area (Å²) in [6.07, 6.45) is 5.45. The molecule has 1 aliphatic rings. The molecule has 0 saturated carbocycles. The molecule has 1 atom stereocenters. The van der Waals surface area contributed by atoms with Crippen molar-refractivity contribution >= 4 is 17.2 Å². The predicted molar refractivity (Wildman–Crippen MR) is 140 cm³/mol. The Kier molecular flexibility index (Phi) is 5.15. The second-order valence-electron chi connectivity index (χ2n) is 9.16. The van der Waals surface area contributed by atoms with Gasteiger partial charge in [0.2, 0.25) is 11.8 Å². The second kappa shape index (κ2) is 8.70. The number of aromatic nitrogens is 8. The second-order valence-corrected chi connectivity index (χ2v) is 9.60. The van der Waals surface area contributed by atoms with Crippen LogP contribution in [0.15, 0.2) is 67.3 Å². The summed E-state index contributed by atoms with van der Waals surface area (Å²) in [5, 5.41) is 17.2. The number of aryl methyl sites for hydroxylation is 2. The standard InChI is InChI=1S/C27H21ClN8O2/c1-15-21-22(18-11-30-35(2)12-18)23-25-31-24(34-36(25)14-29-26(23)38-27(21)33-32-15)17-5-3-4-16(10-17)13-37-20-8-6-19(28)7-9-20/h3-12,14,22H,13H2,1-2H3,(H,32,33). The minimum atomic E-state index is -0.214. The van der Waals surface area contributed by atoms with Gasteiger partial charge in [0.25, 0.3) is 0 Å². The maximum atomic E-state index is 6.09. The van der Waals surface area contributed by atoms with E-state index in [1.54, 1.807) is 27.7 Å². The molecule has 0 saturated heterocycles. The van der Waals surface area contributed by atoms with Gasteiger partial charge < -0.3 is 9.47 Å². The minimum absolute atomic E-state index is 0.214. The lowest BCUT2D eigenvalue weighted by Gasteiger charge is -2.24. The van der Waals surface area contributed by atoms with Crippen LogP contribution in [0.4, 0.5) is 0 Å². The summed E-state index contributed by atoms with van der Waals surface area (Å²) in [4.78, 5) is 9.51. The molecule has 1 N–H and O–H groups in total. The molecule has 0 fully saturated rings. The number of benzene rings is 2. The van der Waals surface area contributed by atoms with E-state index in [0.717, 1.165) is 39.3 Å². The Balaban J connectivity index is 1.28. The number of aromatic amines is 1. The Bertz CT molecular complexity index is 1800. The smallest absolute Gasteiger partial charge is 0.244 e. The first-order chi connectivity index (χ1) is 18.5. The van der Waals surface area contributed by atoms with Gasteiger partial charge in [-0.1, -0.05) is 29.8 Å². The van der Waals surface area contributed by atoms with E-state index in [-0.39, 0.29) is 5.92 Å². The Hall–Kier alpha value is -4.70. The third-order valence-corrected chi connectivity index (χ3v) is 6.83. The van der Waals surface area contributed by atoms with Crippen LogP contribution in [-0.4, -0.2) is 39.6 Å². The van der Waals surface area contributed by atoms with Crippen molar-refractivity contribution in [2.75, 3.05) is 0 Å². The van der Waals surface area contributed by atoms with Gasteiger partial charge in [-0.15, -0.1) is 10.2 Å². The van der Waals surface area contributed by atoms with Crippen molar-refractivity contribution < 1.29 is 9.47 Å². The lowest BCUT2D eigenvalue weighted by atomic mass is 9.86. The topological polar surface area (TPSA) is 108 Å². The fraction of sp³-hybridized carbons (Fsp3) is 0.148. The number of ether oxygens (including phenoxy) is 2. The van der Waals surface area contributed by atoms with E-state index >= 15 is 0 Å². The molecule has 4 aromatic heterocycles. The zero-order valence-corrected chi connectivity index (χ0v) is 21.2. The van der Waals surface area contributed by atoms with Crippen LogP contribution < -0.4 is 9.47 Å². The summed E-state index contributed by atoms with van der Waals surface area (Å²) in [6.45, 7) is 2.38. The number of rotatable bonds is 5. The quantitative estimate of drug-likeness (QED) is 0.334. The number of hydrogen-bond acceptors (Lipinski definition) is 7. The number of hydrogen-bond donors (Lipinski definition) is 1. The van der Waals surface area contributed by atoms with Crippen molar-refractivity contribution in [2.45, 2.75) is 19.4 Å². The molecular weight excluding hydrogens is 504 g/mol. The zero-order valence-electron chi connectivity index (χ0n) is 20.5. The van der Waals surface area contributed by atoms with Gasteiger partial charge in [-0.2, -0.15) is 5.10 Å². The van der Waals surface area contributed by atoms with E-state index in [0.29, 0.717) is 34.9 Å². The third kappa shape index (κ3) is 3.77. The molecule has 0 radical (unpaired) electrons. The van der Waals surface area contributed by atoms with E-state index < -0.39 is 0 Å². The molecule has 0 amide bonds. The molecule has 38 heavy (non-hydrogen) atoms. The van der Waals surface area contributed by atoms with Gasteiger partial charge >= 0.3 is 0 Å². The van der Waals surface area contributed by atoms with Crippen molar-refractivity contribution in [1.82, 2.24) is 39.6 Å². The van der Waals surface area contributed by atoms with E-state index in [9.17, 15) is 0 Å². The van der Waals surface area contributed by atoms with Crippen molar-refractivity contribution in [2.24, 2.45) is 7.05 Å². The van der Waals surface area contributed by atoms with Crippen molar-refractivity contribution in [1.29, 1.82) is 0 Å². The Morgan fingerprint density at radius 1 is 1.11 bits per heavy atom. The first-order valence-corrected chi connectivity index (χ1v) is 12.4. The molecule has 188 valence electrons. The fourth-order valence-electron chi connectivity index (χ4n) is 4.81. The normalized spacial score (nSPS) is 14.2. The van der Waals surface area contributed by atoms with Crippen molar-refractivity contribution in [3.63, 3.8) is 0 Å². The first-order valence-electron chi connectivity index (χ1n) is 12.0. The summed E-state index contributed by atoms with van der Waals surface area (Å²) >= 11 is 5.97. The van der Waals surface area contributed by atoms with Gasteiger partial charge in [-0.25, -0.2) is 14.5 Å². The van der Waals surface area contributed by atoms with Gasteiger partial charge in [0, 0.05) is 40.7 Å². The fourth-order valence-corrected chi connectivity index (χ4v) is 4.93.